The smallest absolute Gasteiger partial charge is 0.251 e. The molecule has 1 heterocycles. The van der Waals surface area contributed by atoms with E-state index in [-0.39, 0.29) is 11.7 Å². The molecule has 2 N–H and O–H groups in total. The minimum Gasteiger partial charge on any atom is -0.384 e. The summed E-state index contributed by atoms with van der Waals surface area (Å²) in [5, 5.41) is 6.22. The second kappa shape index (κ2) is 7.72. The first-order valence-electron chi connectivity index (χ1n) is 7.68. The van der Waals surface area contributed by atoms with Crippen LogP contribution in [0.5, 0.6) is 0 Å². The Hall–Kier alpha value is -2.43. The first-order valence-corrected chi connectivity index (χ1v) is 7.68. The number of pyridine rings is 1. The zero-order valence-electron chi connectivity index (χ0n) is 13.7. The van der Waals surface area contributed by atoms with E-state index in [1.54, 1.807) is 13.0 Å². The van der Waals surface area contributed by atoms with Gasteiger partial charge < -0.3 is 10.6 Å². The second-order valence-electron chi connectivity index (χ2n) is 5.65. The molecule has 0 aliphatic heterocycles. The Kier molecular flexibility index (Phi) is 5.68. The average Bonchev–Trinajstić information content (AvgIpc) is 2.52. The zero-order valence-corrected chi connectivity index (χ0v) is 13.7. The van der Waals surface area contributed by atoms with Crippen LogP contribution < -0.4 is 10.6 Å². The van der Waals surface area contributed by atoms with Gasteiger partial charge in [-0.2, -0.15) is 0 Å². The Morgan fingerprint density at radius 3 is 2.43 bits per heavy atom. The van der Waals surface area contributed by atoms with Crippen LogP contribution in [0.1, 0.15) is 33.5 Å². The molecule has 0 saturated heterocycles. The predicted molar refractivity (Wildman–Crippen MR) is 90.3 cm³/mol. The molecule has 2 aromatic rings. The molecule has 1 aromatic heterocycles. The molecule has 0 saturated carbocycles. The predicted octanol–water partition coefficient (Wildman–Crippen LogP) is 3.38. The molecule has 5 heteroatoms. The third-order valence-electron chi connectivity index (χ3n) is 3.69. The zero-order chi connectivity index (χ0) is 16.8. The van der Waals surface area contributed by atoms with E-state index in [1.807, 2.05) is 26.2 Å². The Labute approximate surface area is 136 Å². The molecule has 0 atom stereocenters. The van der Waals surface area contributed by atoms with Gasteiger partial charge >= 0.3 is 0 Å². The normalized spacial score (nSPS) is 10.4. The lowest BCUT2D eigenvalue weighted by molar-refractivity contribution is 0.0953. The van der Waals surface area contributed by atoms with E-state index in [2.05, 4.69) is 15.6 Å². The molecule has 1 amide bonds. The van der Waals surface area contributed by atoms with Gasteiger partial charge in [0, 0.05) is 36.7 Å². The summed E-state index contributed by atoms with van der Waals surface area (Å²) in [6.45, 7) is 7.00. The summed E-state index contributed by atoms with van der Waals surface area (Å²) in [5.41, 5.74) is 4.27. The summed E-state index contributed by atoms with van der Waals surface area (Å²) < 4.78 is 13.2. The largest absolute Gasteiger partial charge is 0.384 e. The third-order valence-corrected chi connectivity index (χ3v) is 3.69. The van der Waals surface area contributed by atoms with Crippen molar-refractivity contribution in [1.82, 2.24) is 10.3 Å². The quantitative estimate of drug-likeness (QED) is 0.804. The molecule has 4 nitrogen and oxygen atoms in total. The number of nitrogens with zero attached hydrogens (tertiary/aromatic N) is 1. The Balaban J connectivity index is 1.77. The lowest BCUT2D eigenvalue weighted by Crippen LogP contribution is -2.26. The molecule has 1 aromatic carbocycles. The number of nitrogens with one attached hydrogen (secondary N) is 2. The molecule has 0 aliphatic carbocycles. The standard InChI is InChI=1S/C18H22FN3O/c1-12-9-15(5-6-16(12)19)18(23)22-8-4-7-21-17-13(2)10-20-11-14(17)3/h5-6,9-11H,4,7-8H2,1-3H3,(H,20,21)(H,22,23). The number of halogens is 1. The summed E-state index contributed by atoms with van der Waals surface area (Å²) in [6.07, 6.45) is 4.45. The summed E-state index contributed by atoms with van der Waals surface area (Å²) in [4.78, 5) is 16.1. The number of carbonyl (C=O) groups excluding carboxylic acids is 1. The second-order valence-corrected chi connectivity index (χ2v) is 5.65. The van der Waals surface area contributed by atoms with E-state index in [1.165, 1.54) is 12.1 Å². The number of hydrogen-bond acceptors (Lipinski definition) is 3. The van der Waals surface area contributed by atoms with Gasteiger partial charge in [0.15, 0.2) is 0 Å². The number of hydrogen-bond donors (Lipinski definition) is 2. The van der Waals surface area contributed by atoms with Crippen molar-refractivity contribution in [3.63, 3.8) is 0 Å². The van der Waals surface area contributed by atoms with Crippen molar-refractivity contribution in [2.24, 2.45) is 0 Å². The van der Waals surface area contributed by atoms with Gasteiger partial charge in [-0.25, -0.2) is 4.39 Å². The van der Waals surface area contributed by atoms with Crippen LogP contribution in [0.15, 0.2) is 30.6 Å². The number of rotatable bonds is 6. The third kappa shape index (κ3) is 4.52. The van der Waals surface area contributed by atoms with Gasteiger partial charge in [-0.3, -0.25) is 9.78 Å². The van der Waals surface area contributed by atoms with Crippen molar-refractivity contribution >= 4 is 11.6 Å². The van der Waals surface area contributed by atoms with Crippen LogP contribution in [0.4, 0.5) is 10.1 Å². The topological polar surface area (TPSA) is 54.0 Å². The number of aryl methyl sites for hydroxylation is 3. The highest BCUT2D eigenvalue weighted by molar-refractivity contribution is 5.94. The maximum Gasteiger partial charge on any atom is 0.251 e. The van der Waals surface area contributed by atoms with E-state index >= 15 is 0 Å². The van der Waals surface area contributed by atoms with Crippen LogP contribution in [0.2, 0.25) is 0 Å². The Bertz CT molecular complexity index is 680. The van der Waals surface area contributed by atoms with Crippen molar-refractivity contribution in [3.05, 3.63) is 58.7 Å². The molecule has 0 aliphatic rings. The molecule has 0 radical (unpaired) electrons. The van der Waals surface area contributed by atoms with Crippen molar-refractivity contribution in [1.29, 1.82) is 0 Å². The van der Waals surface area contributed by atoms with Gasteiger partial charge in [0.2, 0.25) is 0 Å². The van der Waals surface area contributed by atoms with E-state index in [4.69, 9.17) is 0 Å². The van der Waals surface area contributed by atoms with Crippen LogP contribution in [0.25, 0.3) is 0 Å². The Morgan fingerprint density at radius 1 is 1.09 bits per heavy atom. The lowest BCUT2D eigenvalue weighted by Gasteiger charge is -2.12. The fraction of sp³-hybridized carbons (Fsp3) is 0.333. The molecular weight excluding hydrogens is 293 g/mol. The van der Waals surface area contributed by atoms with Gasteiger partial charge in [0.25, 0.3) is 5.91 Å². The first kappa shape index (κ1) is 16.9. The number of carbonyl (C=O) groups is 1. The summed E-state index contributed by atoms with van der Waals surface area (Å²) in [5.74, 6) is -0.474. The van der Waals surface area contributed by atoms with Gasteiger partial charge in [0.1, 0.15) is 5.82 Å². The molecule has 122 valence electrons. The van der Waals surface area contributed by atoms with Crippen LogP contribution in [0.3, 0.4) is 0 Å². The van der Waals surface area contributed by atoms with Crippen LogP contribution in [-0.2, 0) is 0 Å². The highest BCUT2D eigenvalue weighted by Crippen LogP contribution is 2.17. The number of benzene rings is 1. The van der Waals surface area contributed by atoms with Crippen molar-refractivity contribution in [3.8, 4) is 0 Å². The average molecular weight is 315 g/mol. The van der Waals surface area contributed by atoms with Gasteiger partial charge in [-0.1, -0.05) is 0 Å². The van der Waals surface area contributed by atoms with E-state index in [0.717, 1.165) is 29.8 Å². The molecule has 0 fully saturated rings. The summed E-state index contributed by atoms with van der Waals surface area (Å²) in [6, 6.07) is 4.38. The van der Waals surface area contributed by atoms with E-state index in [0.29, 0.717) is 17.7 Å². The van der Waals surface area contributed by atoms with Crippen LogP contribution in [-0.4, -0.2) is 24.0 Å². The van der Waals surface area contributed by atoms with Crippen molar-refractivity contribution < 1.29 is 9.18 Å². The maximum atomic E-state index is 13.2. The van der Waals surface area contributed by atoms with Crippen molar-refractivity contribution in [2.45, 2.75) is 27.2 Å². The fourth-order valence-electron chi connectivity index (χ4n) is 2.37. The van der Waals surface area contributed by atoms with Gasteiger partial charge in [-0.15, -0.1) is 0 Å². The molecular formula is C18H22FN3O. The molecule has 0 spiro atoms. The minimum atomic E-state index is -0.297. The maximum absolute atomic E-state index is 13.2. The van der Waals surface area contributed by atoms with Crippen LogP contribution in [0, 0.1) is 26.6 Å². The highest BCUT2D eigenvalue weighted by Gasteiger charge is 2.07. The summed E-state index contributed by atoms with van der Waals surface area (Å²) in [7, 11) is 0. The van der Waals surface area contributed by atoms with Gasteiger partial charge in [0.05, 0.1) is 0 Å². The van der Waals surface area contributed by atoms with Crippen molar-refractivity contribution in [2.75, 3.05) is 18.4 Å². The fourth-order valence-corrected chi connectivity index (χ4v) is 2.37. The lowest BCUT2D eigenvalue weighted by atomic mass is 10.1. The number of anilines is 1. The van der Waals surface area contributed by atoms with Crippen LogP contribution >= 0.6 is 0 Å². The number of amides is 1. The SMILES string of the molecule is Cc1cc(C(=O)NCCCNc2c(C)cncc2C)ccc1F. The molecule has 23 heavy (non-hydrogen) atoms. The highest BCUT2D eigenvalue weighted by atomic mass is 19.1. The molecule has 0 bridgehead atoms. The number of aromatic nitrogens is 1. The van der Waals surface area contributed by atoms with E-state index < -0.39 is 0 Å². The van der Waals surface area contributed by atoms with Gasteiger partial charge in [-0.05, 0) is 62.1 Å². The van der Waals surface area contributed by atoms with E-state index in [9.17, 15) is 9.18 Å². The molecule has 0 unspecified atom stereocenters. The summed E-state index contributed by atoms with van der Waals surface area (Å²) >= 11 is 0. The minimum absolute atomic E-state index is 0.177. The Morgan fingerprint density at radius 2 is 1.78 bits per heavy atom. The molecule has 2 rings (SSSR count). The first-order chi connectivity index (χ1) is 11.0. The monoisotopic (exact) mass is 315 g/mol.